The summed E-state index contributed by atoms with van der Waals surface area (Å²) in [5, 5.41) is 3.52. The van der Waals surface area contributed by atoms with Crippen molar-refractivity contribution in [2.75, 3.05) is 6.54 Å². The molecule has 0 spiro atoms. The molecule has 0 aromatic rings. The minimum atomic E-state index is 0. The van der Waals surface area contributed by atoms with E-state index in [1.54, 1.807) is 6.04 Å². The van der Waals surface area contributed by atoms with Gasteiger partial charge in [-0.25, -0.2) is 0 Å². The van der Waals surface area contributed by atoms with Gasteiger partial charge in [-0.1, -0.05) is 47.5 Å². The van der Waals surface area contributed by atoms with Crippen LogP contribution in [0, 0.1) is 23.8 Å². The van der Waals surface area contributed by atoms with E-state index in [0.29, 0.717) is 5.92 Å². The summed E-state index contributed by atoms with van der Waals surface area (Å²) in [7, 11) is 0. The quantitative estimate of drug-likeness (QED) is 0.683. The Morgan fingerprint density at radius 3 is 2.00 bits per heavy atom. The fourth-order valence-electron chi connectivity index (χ4n) is 1.55. The van der Waals surface area contributed by atoms with E-state index in [4.69, 9.17) is 0 Å². The van der Waals surface area contributed by atoms with E-state index in [1.165, 1.54) is 13.0 Å². The standard InChI is InChI=1S/C10H20N.C2H6.Rb/c1-7(2)10-5-8(3)9(4)6-11-10;1-2;/h7-9,11H,5-6H2,1-4H3;1-2H3;/q-1;;+1. The van der Waals surface area contributed by atoms with Gasteiger partial charge in [0.2, 0.25) is 0 Å². The molecular weight excluding hydrogens is 244 g/mol. The molecule has 2 unspecified atom stereocenters. The molecule has 1 nitrogen and oxygen atoms in total. The molecule has 1 aliphatic rings. The van der Waals surface area contributed by atoms with Gasteiger partial charge in [-0.05, 0) is 12.5 Å². The molecule has 2 atom stereocenters. The van der Waals surface area contributed by atoms with Crippen molar-refractivity contribution >= 4 is 0 Å². The summed E-state index contributed by atoms with van der Waals surface area (Å²) in [6, 6.07) is 1.55. The van der Waals surface area contributed by atoms with Crippen molar-refractivity contribution in [1.29, 1.82) is 0 Å². The second kappa shape index (κ2) is 9.95. The van der Waals surface area contributed by atoms with Gasteiger partial charge in [-0.15, -0.1) is 0 Å². The van der Waals surface area contributed by atoms with E-state index in [9.17, 15) is 0 Å². The van der Waals surface area contributed by atoms with Crippen LogP contribution in [0.5, 0.6) is 0 Å². The molecule has 1 saturated heterocycles. The average molecular weight is 270 g/mol. The van der Waals surface area contributed by atoms with Crippen LogP contribution >= 0.6 is 0 Å². The zero-order valence-electron chi connectivity index (χ0n) is 11.1. The van der Waals surface area contributed by atoms with Crippen molar-refractivity contribution in [2.45, 2.75) is 48.0 Å². The largest absolute Gasteiger partial charge is 1.00 e. The topological polar surface area (TPSA) is 12.0 Å². The Morgan fingerprint density at radius 1 is 1.14 bits per heavy atom. The van der Waals surface area contributed by atoms with Crippen LogP contribution < -0.4 is 63.5 Å². The average Bonchev–Trinajstić information content (AvgIpc) is 2.13. The summed E-state index contributed by atoms with van der Waals surface area (Å²) in [6.07, 6.45) is 1.28. The second-order valence-corrected chi connectivity index (χ2v) is 4.22. The third kappa shape index (κ3) is 6.37. The van der Waals surface area contributed by atoms with E-state index in [0.717, 1.165) is 11.8 Å². The van der Waals surface area contributed by atoms with Crippen LogP contribution in [0.2, 0.25) is 0 Å². The third-order valence-electron chi connectivity index (χ3n) is 2.86. The van der Waals surface area contributed by atoms with Crippen LogP contribution in [-0.4, -0.2) is 6.54 Å². The first-order valence-corrected chi connectivity index (χ1v) is 5.71. The summed E-state index contributed by atoms with van der Waals surface area (Å²) in [5.74, 6) is 2.43. The summed E-state index contributed by atoms with van der Waals surface area (Å²) >= 11 is 0. The molecule has 2 heteroatoms. The molecule has 0 aromatic heterocycles. The molecule has 1 aliphatic heterocycles. The van der Waals surface area contributed by atoms with Crippen molar-refractivity contribution in [2.24, 2.45) is 17.8 Å². The van der Waals surface area contributed by atoms with Crippen LogP contribution in [0.25, 0.3) is 0 Å². The van der Waals surface area contributed by atoms with E-state index < -0.39 is 0 Å². The molecule has 0 amide bonds. The minimum Gasteiger partial charge on any atom is -0.467 e. The molecule has 0 aromatic carbocycles. The summed E-state index contributed by atoms with van der Waals surface area (Å²) in [6.45, 7) is 14.4. The van der Waals surface area contributed by atoms with Crippen molar-refractivity contribution in [1.82, 2.24) is 5.32 Å². The maximum atomic E-state index is 3.52. The minimum absolute atomic E-state index is 0. The normalized spacial score (nSPS) is 27.6. The van der Waals surface area contributed by atoms with Crippen molar-refractivity contribution in [3.05, 3.63) is 6.04 Å². The smallest absolute Gasteiger partial charge is 0.467 e. The number of rotatable bonds is 1. The zero-order chi connectivity index (χ0) is 10.4. The third-order valence-corrected chi connectivity index (χ3v) is 2.86. The number of hydrogen-bond acceptors (Lipinski definition) is 1. The van der Waals surface area contributed by atoms with Crippen LogP contribution in [0.1, 0.15) is 48.0 Å². The van der Waals surface area contributed by atoms with Crippen LogP contribution in [0.4, 0.5) is 0 Å². The van der Waals surface area contributed by atoms with Crippen molar-refractivity contribution < 1.29 is 58.2 Å². The Bertz CT molecular complexity index is 125. The van der Waals surface area contributed by atoms with Crippen molar-refractivity contribution in [3.8, 4) is 0 Å². The first-order valence-electron chi connectivity index (χ1n) is 5.71. The summed E-state index contributed by atoms with van der Waals surface area (Å²) < 4.78 is 0. The van der Waals surface area contributed by atoms with E-state index >= 15 is 0 Å². The van der Waals surface area contributed by atoms with Crippen molar-refractivity contribution in [3.63, 3.8) is 0 Å². The van der Waals surface area contributed by atoms with E-state index in [2.05, 4.69) is 33.0 Å². The number of hydrogen-bond donors (Lipinski definition) is 1. The Kier molecular flexibility index (Phi) is 12.9. The first-order chi connectivity index (χ1) is 6.11. The predicted octanol–water partition coefficient (Wildman–Crippen LogP) is 0.470. The van der Waals surface area contributed by atoms with Crippen LogP contribution in [0.15, 0.2) is 0 Å². The Morgan fingerprint density at radius 2 is 1.64 bits per heavy atom. The van der Waals surface area contributed by atoms with E-state index in [-0.39, 0.29) is 58.2 Å². The maximum Gasteiger partial charge on any atom is 1.00 e. The SMILES string of the molecule is CC.CC(C)[C-]1CC(C)C(C)CN1.[Rb+]. The molecule has 0 saturated carbocycles. The molecule has 1 fully saturated rings. The molecule has 14 heavy (non-hydrogen) atoms. The van der Waals surface area contributed by atoms with Gasteiger partial charge in [0, 0.05) is 0 Å². The first kappa shape index (κ1) is 18.1. The molecule has 0 bridgehead atoms. The predicted molar refractivity (Wildman–Crippen MR) is 60.4 cm³/mol. The van der Waals surface area contributed by atoms with Gasteiger partial charge < -0.3 is 5.32 Å². The maximum absolute atomic E-state index is 3.52. The van der Waals surface area contributed by atoms with Gasteiger partial charge in [-0.3, -0.25) is 6.04 Å². The van der Waals surface area contributed by atoms with Crippen LogP contribution in [0.3, 0.4) is 0 Å². The Balaban J connectivity index is 0. The van der Waals surface area contributed by atoms with Gasteiger partial charge in [0.15, 0.2) is 0 Å². The fraction of sp³-hybridized carbons (Fsp3) is 0.917. The van der Waals surface area contributed by atoms with Gasteiger partial charge in [0.1, 0.15) is 0 Å². The molecule has 80 valence electrons. The van der Waals surface area contributed by atoms with Gasteiger partial charge in [-0.2, -0.15) is 12.3 Å². The summed E-state index contributed by atoms with van der Waals surface area (Å²) in [5.41, 5.74) is 0. The fourth-order valence-corrected chi connectivity index (χ4v) is 1.55. The number of piperidine rings is 1. The molecular formula is C12H26NRb. The molecule has 1 N–H and O–H groups in total. The summed E-state index contributed by atoms with van der Waals surface area (Å²) in [4.78, 5) is 0. The van der Waals surface area contributed by atoms with Gasteiger partial charge >= 0.3 is 58.2 Å². The zero-order valence-corrected chi connectivity index (χ0v) is 16.1. The molecule has 0 aliphatic carbocycles. The monoisotopic (exact) mass is 269 g/mol. The Hall–Kier alpha value is 1.77. The Labute approximate surface area is 140 Å². The molecule has 1 rings (SSSR count). The van der Waals surface area contributed by atoms with Gasteiger partial charge in [0.05, 0.1) is 0 Å². The second-order valence-electron chi connectivity index (χ2n) is 4.22. The molecule has 0 radical (unpaired) electrons. The molecule has 1 heterocycles. The van der Waals surface area contributed by atoms with Crippen LogP contribution in [-0.2, 0) is 0 Å². The number of nitrogens with one attached hydrogen (secondary N) is 1. The van der Waals surface area contributed by atoms with E-state index in [1.807, 2.05) is 13.8 Å². The van der Waals surface area contributed by atoms with Gasteiger partial charge in [0.25, 0.3) is 0 Å².